The fourth-order valence-corrected chi connectivity index (χ4v) is 3.96. The van der Waals surface area contributed by atoms with Gasteiger partial charge in [0, 0.05) is 24.7 Å². The summed E-state index contributed by atoms with van der Waals surface area (Å²) in [5.41, 5.74) is 2.30. The van der Waals surface area contributed by atoms with Crippen LogP contribution in [-0.2, 0) is 13.0 Å². The quantitative estimate of drug-likeness (QED) is 0.737. The maximum atomic E-state index is 9.03. The van der Waals surface area contributed by atoms with Gasteiger partial charge in [0.25, 0.3) is 0 Å². The van der Waals surface area contributed by atoms with Crippen molar-refractivity contribution in [2.75, 3.05) is 6.54 Å². The van der Waals surface area contributed by atoms with E-state index in [9.17, 15) is 0 Å². The average Bonchev–Trinajstić information content (AvgIpc) is 2.51. The molecule has 1 aromatic heterocycles. The maximum Gasteiger partial charge on any atom is 0.161 e. The Morgan fingerprint density at radius 3 is 2.60 bits per heavy atom. The summed E-state index contributed by atoms with van der Waals surface area (Å²) in [6, 6.07) is 2.69. The number of pyridine rings is 1. The lowest BCUT2D eigenvalue weighted by atomic mass is 9.91. The van der Waals surface area contributed by atoms with Gasteiger partial charge in [-0.1, -0.05) is 42.5 Å². The first-order chi connectivity index (χ1) is 9.70. The van der Waals surface area contributed by atoms with Crippen molar-refractivity contribution >= 4 is 23.2 Å². The molecule has 2 heterocycles. The number of aromatic nitrogens is 1. The van der Waals surface area contributed by atoms with Gasteiger partial charge in [0.1, 0.15) is 11.2 Å². The Morgan fingerprint density at radius 1 is 1.15 bits per heavy atom. The molecule has 5 heteroatoms. The fourth-order valence-electron chi connectivity index (χ4n) is 3.41. The van der Waals surface area contributed by atoms with Crippen LogP contribution in [0.15, 0.2) is 0 Å². The van der Waals surface area contributed by atoms with Crippen molar-refractivity contribution in [1.82, 2.24) is 9.88 Å². The molecule has 0 saturated heterocycles. The molecule has 0 unspecified atom stereocenters. The second kappa shape index (κ2) is 5.89. The van der Waals surface area contributed by atoms with Crippen LogP contribution in [0, 0.1) is 11.3 Å². The third-order valence-corrected chi connectivity index (χ3v) is 5.22. The molecule has 106 valence electrons. The van der Waals surface area contributed by atoms with Crippen molar-refractivity contribution in [1.29, 1.82) is 5.26 Å². The molecule has 1 aliphatic heterocycles. The molecule has 0 atom stereocenters. The third-order valence-electron chi connectivity index (χ3n) is 4.50. The second-order valence-electron chi connectivity index (χ2n) is 5.65. The van der Waals surface area contributed by atoms with Crippen LogP contribution in [0.4, 0.5) is 0 Å². The van der Waals surface area contributed by atoms with E-state index in [2.05, 4.69) is 9.88 Å². The number of rotatable bonds is 1. The number of nitrogens with zero attached hydrogens (tertiary/aromatic N) is 3. The summed E-state index contributed by atoms with van der Waals surface area (Å²) in [5, 5.41) is 9.98. The van der Waals surface area contributed by atoms with E-state index < -0.39 is 0 Å². The topological polar surface area (TPSA) is 39.9 Å². The summed E-state index contributed by atoms with van der Waals surface area (Å²) in [4.78, 5) is 6.64. The summed E-state index contributed by atoms with van der Waals surface area (Å²) < 4.78 is 0. The number of hydrogen-bond acceptors (Lipinski definition) is 3. The van der Waals surface area contributed by atoms with Crippen LogP contribution in [0.3, 0.4) is 0 Å². The van der Waals surface area contributed by atoms with Crippen LogP contribution in [0.2, 0.25) is 10.2 Å². The molecule has 1 saturated carbocycles. The summed E-state index contributed by atoms with van der Waals surface area (Å²) in [5.74, 6) is 0. The SMILES string of the molecule is N#Cc1nc(Cl)c2c(c1Cl)CCN(C1CCCCC1)C2. The fraction of sp³-hybridized carbons (Fsp3) is 0.600. The first kappa shape index (κ1) is 14.1. The minimum atomic E-state index is 0.251. The summed E-state index contributed by atoms with van der Waals surface area (Å²) in [6.07, 6.45) is 7.44. The highest BCUT2D eigenvalue weighted by molar-refractivity contribution is 6.34. The van der Waals surface area contributed by atoms with Crippen molar-refractivity contribution in [3.05, 3.63) is 27.0 Å². The molecule has 1 aromatic rings. The number of halogens is 2. The van der Waals surface area contributed by atoms with Crippen LogP contribution < -0.4 is 0 Å². The van der Waals surface area contributed by atoms with Gasteiger partial charge in [0.05, 0.1) is 5.02 Å². The van der Waals surface area contributed by atoms with Gasteiger partial charge in [-0.2, -0.15) is 5.26 Å². The van der Waals surface area contributed by atoms with Crippen molar-refractivity contribution in [2.24, 2.45) is 0 Å². The van der Waals surface area contributed by atoms with Crippen LogP contribution in [-0.4, -0.2) is 22.5 Å². The van der Waals surface area contributed by atoms with E-state index in [-0.39, 0.29) is 5.69 Å². The van der Waals surface area contributed by atoms with Crippen LogP contribution in [0.25, 0.3) is 0 Å². The molecular weight excluding hydrogens is 293 g/mol. The number of nitriles is 1. The molecule has 2 aliphatic rings. The summed E-state index contributed by atoms with van der Waals surface area (Å²) in [6.45, 7) is 1.82. The Bertz CT molecular complexity index is 559. The highest BCUT2D eigenvalue weighted by Gasteiger charge is 2.28. The molecule has 3 rings (SSSR count). The van der Waals surface area contributed by atoms with Gasteiger partial charge in [-0.3, -0.25) is 4.90 Å². The zero-order valence-corrected chi connectivity index (χ0v) is 12.8. The molecule has 1 aliphatic carbocycles. The summed E-state index contributed by atoms with van der Waals surface area (Å²) >= 11 is 12.5. The molecule has 20 heavy (non-hydrogen) atoms. The third kappa shape index (κ3) is 2.53. The molecule has 1 fully saturated rings. The molecular formula is C15H17Cl2N3. The molecule has 0 radical (unpaired) electrons. The van der Waals surface area contributed by atoms with Crippen molar-refractivity contribution in [3.8, 4) is 6.07 Å². The van der Waals surface area contributed by atoms with Gasteiger partial charge >= 0.3 is 0 Å². The predicted octanol–water partition coefficient (Wildman–Crippen LogP) is 3.95. The van der Waals surface area contributed by atoms with E-state index in [1.807, 2.05) is 6.07 Å². The zero-order chi connectivity index (χ0) is 14.1. The first-order valence-corrected chi connectivity index (χ1v) is 7.97. The number of fused-ring (bicyclic) bond motifs is 1. The van der Waals surface area contributed by atoms with E-state index in [4.69, 9.17) is 28.5 Å². The highest BCUT2D eigenvalue weighted by Crippen LogP contribution is 2.34. The van der Waals surface area contributed by atoms with Gasteiger partial charge in [-0.25, -0.2) is 4.98 Å². The Labute approximate surface area is 129 Å². The van der Waals surface area contributed by atoms with Gasteiger partial charge in [-0.15, -0.1) is 0 Å². The molecule has 0 amide bonds. The van der Waals surface area contributed by atoms with Crippen LogP contribution in [0.1, 0.15) is 48.9 Å². The van der Waals surface area contributed by atoms with Gasteiger partial charge in [0.15, 0.2) is 5.69 Å². The molecule has 0 spiro atoms. The number of hydrogen-bond donors (Lipinski definition) is 0. The van der Waals surface area contributed by atoms with E-state index in [1.54, 1.807) is 0 Å². The van der Waals surface area contributed by atoms with Crippen molar-refractivity contribution in [3.63, 3.8) is 0 Å². The predicted molar refractivity (Wildman–Crippen MR) is 80.0 cm³/mol. The average molecular weight is 310 g/mol. The largest absolute Gasteiger partial charge is 0.296 e. The van der Waals surface area contributed by atoms with E-state index in [1.165, 1.54) is 32.1 Å². The zero-order valence-electron chi connectivity index (χ0n) is 11.3. The maximum absolute atomic E-state index is 9.03. The second-order valence-corrected chi connectivity index (χ2v) is 6.38. The smallest absolute Gasteiger partial charge is 0.161 e. The van der Waals surface area contributed by atoms with Gasteiger partial charge in [-0.05, 0) is 24.8 Å². The molecule has 3 nitrogen and oxygen atoms in total. The Kier molecular flexibility index (Phi) is 4.16. The van der Waals surface area contributed by atoms with Crippen molar-refractivity contribution < 1.29 is 0 Å². The molecule has 0 bridgehead atoms. The first-order valence-electron chi connectivity index (χ1n) is 7.21. The Balaban J connectivity index is 1.88. The van der Waals surface area contributed by atoms with Crippen molar-refractivity contribution in [2.45, 2.75) is 51.1 Å². The van der Waals surface area contributed by atoms with Gasteiger partial charge < -0.3 is 0 Å². The monoisotopic (exact) mass is 309 g/mol. The Morgan fingerprint density at radius 2 is 1.90 bits per heavy atom. The van der Waals surface area contributed by atoms with E-state index in [0.717, 1.165) is 30.6 Å². The lowest BCUT2D eigenvalue weighted by Crippen LogP contribution is -2.40. The minimum absolute atomic E-state index is 0.251. The molecule has 0 aromatic carbocycles. The van der Waals surface area contributed by atoms with E-state index >= 15 is 0 Å². The molecule has 0 N–H and O–H groups in total. The minimum Gasteiger partial charge on any atom is -0.296 e. The normalized spacial score (nSPS) is 20.4. The standard InChI is InChI=1S/C15H17Cl2N3/c16-14-11-6-7-20(10-4-2-1-3-5-10)9-12(11)15(17)19-13(14)8-18/h10H,1-7,9H2. The lowest BCUT2D eigenvalue weighted by Gasteiger charge is -2.38. The Hall–Kier alpha value is -0.820. The van der Waals surface area contributed by atoms with Gasteiger partial charge in [0.2, 0.25) is 0 Å². The summed E-state index contributed by atoms with van der Waals surface area (Å²) in [7, 11) is 0. The van der Waals surface area contributed by atoms with Crippen LogP contribution in [0.5, 0.6) is 0 Å². The van der Waals surface area contributed by atoms with E-state index in [0.29, 0.717) is 16.2 Å². The van der Waals surface area contributed by atoms with Crippen LogP contribution >= 0.6 is 23.2 Å². The lowest BCUT2D eigenvalue weighted by molar-refractivity contribution is 0.141. The highest BCUT2D eigenvalue weighted by atomic mass is 35.5.